The van der Waals surface area contributed by atoms with Crippen LogP contribution in [0, 0.1) is 5.92 Å². The predicted molar refractivity (Wildman–Crippen MR) is 73.3 cm³/mol. The molecule has 92 valence electrons. The third-order valence-electron chi connectivity index (χ3n) is 3.86. The van der Waals surface area contributed by atoms with Gasteiger partial charge in [0.25, 0.3) is 0 Å². The van der Waals surface area contributed by atoms with Crippen LogP contribution in [-0.2, 0) is 0 Å². The van der Waals surface area contributed by atoms with Crippen LogP contribution < -0.4 is 10.2 Å². The van der Waals surface area contributed by atoms with Crippen LogP contribution >= 0.6 is 15.9 Å². The summed E-state index contributed by atoms with van der Waals surface area (Å²) in [5.74, 6) is 0.922. The van der Waals surface area contributed by atoms with Crippen molar-refractivity contribution < 1.29 is 0 Å². The maximum absolute atomic E-state index is 4.35. The molecule has 0 aromatic carbocycles. The van der Waals surface area contributed by atoms with E-state index in [1.807, 2.05) is 12.3 Å². The number of piperidine rings is 1. The molecule has 3 unspecified atom stereocenters. The molecule has 3 atom stereocenters. The third kappa shape index (κ3) is 2.08. The number of fused-ring (bicyclic) bond motifs is 1. The van der Waals surface area contributed by atoms with E-state index in [0.29, 0.717) is 6.04 Å². The fourth-order valence-corrected chi connectivity index (χ4v) is 3.45. The van der Waals surface area contributed by atoms with Crippen molar-refractivity contribution in [2.75, 3.05) is 18.0 Å². The summed E-state index contributed by atoms with van der Waals surface area (Å²) in [7, 11) is 0. The van der Waals surface area contributed by atoms with Crippen molar-refractivity contribution in [3.63, 3.8) is 0 Å². The number of anilines is 1. The molecule has 17 heavy (non-hydrogen) atoms. The number of hydrogen-bond donors (Lipinski definition) is 1. The highest BCUT2D eigenvalue weighted by atomic mass is 79.9. The van der Waals surface area contributed by atoms with E-state index in [2.05, 4.69) is 44.1 Å². The fraction of sp³-hybridized carbons (Fsp3) is 0.615. The van der Waals surface area contributed by atoms with Gasteiger partial charge in [0.05, 0.1) is 5.69 Å². The smallest absolute Gasteiger partial charge is 0.129 e. The molecular weight excluding hydrogens is 278 g/mol. The van der Waals surface area contributed by atoms with Crippen molar-refractivity contribution in [3.8, 4) is 0 Å². The number of halogens is 1. The van der Waals surface area contributed by atoms with Crippen molar-refractivity contribution in [3.05, 3.63) is 22.9 Å². The minimum Gasteiger partial charge on any atom is -0.362 e. The maximum Gasteiger partial charge on any atom is 0.129 e. The van der Waals surface area contributed by atoms with Gasteiger partial charge in [0, 0.05) is 24.8 Å². The first kappa shape index (κ1) is 11.5. The molecule has 0 amide bonds. The van der Waals surface area contributed by atoms with Crippen LogP contribution in [-0.4, -0.2) is 30.2 Å². The average molecular weight is 296 g/mol. The molecule has 0 spiro atoms. The molecule has 1 N–H and O–H groups in total. The number of pyridine rings is 1. The van der Waals surface area contributed by atoms with Gasteiger partial charge in [0.2, 0.25) is 0 Å². The van der Waals surface area contributed by atoms with Gasteiger partial charge in [0.1, 0.15) is 4.60 Å². The molecule has 1 aliphatic carbocycles. The van der Waals surface area contributed by atoms with Gasteiger partial charge in [-0.1, -0.05) is 6.92 Å². The largest absolute Gasteiger partial charge is 0.362 e. The molecule has 1 saturated carbocycles. The Morgan fingerprint density at radius 3 is 3.18 bits per heavy atom. The Morgan fingerprint density at radius 1 is 1.53 bits per heavy atom. The summed E-state index contributed by atoms with van der Waals surface area (Å²) < 4.78 is 0.981. The standard InChI is InChI=1S/C13H18BrN3/c1-2-15-8-10-6-9-7-12(9)17(10)11-4-3-5-16-13(11)14/h3-5,9-10,12,15H,2,6-8H2,1H3. The lowest BCUT2D eigenvalue weighted by Crippen LogP contribution is -2.40. The lowest BCUT2D eigenvalue weighted by molar-refractivity contribution is 0.545. The van der Waals surface area contributed by atoms with Crippen molar-refractivity contribution in [2.24, 2.45) is 5.92 Å². The molecule has 3 nitrogen and oxygen atoms in total. The SMILES string of the molecule is CCNCC1CC2CC2N1c1cccnc1Br. The number of nitrogens with zero attached hydrogens (tertiary/aromatic N) is 2. The highest BCUT2D eigenvalue weighted by molar-refractivity contribution is 9.10. The van der Waals surface area contributed by atoms with Gasteiger partial charge in [0.15, 0.2) is 0 Å². The first-order chi connectivity index (χ1) is 8.31. The lowest BCUT2D eigenvalue weighted by Gasteiger charge is -2.30. The van der Waals surface area contributed by atoms with E-state index in [-0.39, 0.29) is 0 Å². The zero-order valence-electron chi connectivity index (χ0n) is 10.1. The summed E-state index contributed by atoms with van der Waals surface area (Å²) in [6.45, 7) is 4.30. The van der Waals surface area contributed by atoms with Gasteiger partial charge in [-0.2, -0.15) is 0 Å². The Balaban J connectivity index is 1.82. The van der Waals surface area contributed by atoms with E-state index in [4.69, 9.17) is 0 Å². The van der Waals surface area contributed by atoms with E-state index in [1.54, 1.807) is 0 Å². The topological polar surface area (TPSA) is 28.2 Å². The molecule has 1 aromatic rings. The lowest BCUT2D eigenvalue weighted by atomic mass is 10.1. The Hall–Kier alpha value is -0.610. The highest BCUT2D eigenvalue weighted by Crippen LogP contribution is 2.50. The van der Waals surface area contributed by atoms with Crippen LogP contribution in [0.15, 0.2) is 22.9 Å². The van der Waals surface area contributed by atoms with Gasteiger partial charge in [-0.05, 0) is 53.4 Å². The second kappa shape index (κ2) is 4.58. The third-order valence-corrected chi connectivity index (χ3v) is 4.47. The van der Waals surface area contributed by atoms with E-state index in [1.165, 1.54) is 18.5 Å². The number of likely N-dealkylation sites (N-methyl/N-ethyl adjacent to an activating group) is 1. The summed E-state index contributed by atoms with van der Waals surface area (Å²) >= 11 is 3.57. The molecule has 2 aliphatic rings. The molecule has 4 heteroatoms. The molecule has 0 bridgehead atoms. The van der Waals surface area contributed by atoms with E-state index < -0.39 is 0 Å². The quantitative estimate of drug-likeness (QED) is 0.865. The Bertz CT molecular complexity index is 409. The first-order valence-electron chi connectivity index (χ1n) is 6.40. The number of rotatable bonds is 4. The van der Waals surface area contributed by atoms with Crippen LogP contribution in [0.2, 0.25) is 0 Å². The van der Waals surface area contributed by atoms with Gasteiger partial charge in [-0.3, -0.25) is 0 Å². The molecule has 1 aliphatic heterocycles. The number of aromatic nitrogens is 1. The van der Waals surface area contributed by atoms with Crippen LogP contribution in [0.4, 0.5) is 5.69 Å². The van der Waals surface area contributed by atoms with Crippen molar-refractivity contribution in [1.29, 1.82) is 0 Å². The van der Waals surface area contributed by atoms with Crippen molar-refractivity contribution in [1.82, 2.24) is 10.3 Å². The molecular formula is C13H18BrN3. The van der Waals surface area contributed by atoms with Crippen LogP contribution in [0.5, 0.6) is 0 Å². The van der Waals surface area contributed by atoms with Gasteiger partial charge in [-0.15, -0.1) is 0 Å². The van der Waals surface area contributed by atoms with E-state index >= 15 is 0 Å². The molecule has 1 saturated heterocycles. The molecule has 2 heterocycles. The zero-order valence-corrected chi connectivity index (χ0v) is 11.7. The predicted octanol–water partition coefficient (Wildman–Crippen LogP) is 2.42. The number of nitrogens with one attached hydrogen (secondary N) is 1. The van der Waals surface area contributed by atoms with E-state index in [0.717, 1.165) is 29.7 Å². The molecule has 2 fully saturated rings. The van der Waals surface area contributed by atoms with Crippen LogP contribution in [0.3, 0.4) is 0 Å². The van der Waals surface area contributed by atoms with E-state index in [9.17, 15) is 0 Å². The molecule has 0 radical (unpaired) electrons. The molecule has 3 rings (SSSR count). The van der Waals surface area contributed by atoms with Gasteiger partial charge >= 0.3 is 0 Å². The second-order valence-corrected chi connectivity index (χ2v) is 5.73. The average Bonchev–Trinajstić information content (AvgIpc) is 3.00. The monoisotopic (exact) mass is 295 g/mol. The van der Waals surface area contributed by atoms with Gasteiger partial charge in [-0.25, -0.2) is 4.98 Å². The minimum absolute atomic E-state index is 0.638. The van der Waals surface area contributed by atoms with Crippen molar-refractivity contribution >= 4 is 21.6 Å². The first-order valence-corrected chi connectivity index (χ1v) is 7.20. The Kier molecular flexibility index (Phi) is 3.09. The van der Waals surface area contributed by atoms with Gasteiger partial charge < -0.3 is 10.2 Å². The summed E-state index contributed by atoms with van der Waals surface area (Å²) in [6, 6.07) is 5.61. The second-order valence-electron chi connectivity index (χ2n) is 4.98. The zero-order chi connectivity index (χ0) is 11.8. The Labute approximate surface area is 111 Å². The molecule has 1 aromatic heterocycles. The fourth-order valence-electron chi connectivity index (χ4n) is 3.00. The summed E-state index contributed by atoms with van der Waals surface area (Å²) in [4.78, 5) is 6.92. The highest BCUT2D eigenvalue weighted by Gasteiger charge is 2.52. The summed E-state index contributed by atoms with van der Waals surface area (Å²) in [5.41, 5.74) is 1.26. The van der Waals surface area contributed by atoms with Crippen LogP contribution in [0.25, 0.3) is 0 Å². The Morgan fingerprint density at radius 2 is 2.41 bits per heavy atom. The summed E-state index contributed by atoms with van der Waals surface area (Å²) in [6.07, 6.45) is 4.54. The normalized spacial score (nSPS) is 30.5. The van der Waals surface area contributed by atoms with Crippen LogP contribution in [0.1, 0.15) is 19.8 Å². The summed E-state index contributed by atoms with van der Waals surface area (Å²) in [5, 5.41) is 3.47. The van der Waals surface area contributed by atoms with Crippen molar-refractivity contribution in [2.45, 2.75) is 31.8 Å². The number of hydrogen-bond acceptors (Lipinski definition) is 3. The minimum atomic E-state index is 0.638. The maximum atomic E-state index is 4.35.